The highest BCUT2D eigenvalue weighted by Gasteiger charge is 2.39. The van der Waals surface area contributed by atoms with Crippen LogP contribution in [-0.4, -0.2) is 48.2 Å². The smallest absolute Gasteiger partial charge is 0.246 e. The topological polar surface area (TPSA) is 92.5 Å². The van der Waals surface area contributed by atoms with Crippen molar-refractivity contribution in [3.63, 3.8) is 0 Å². The van der Waals surface area contributed by atoms with Crippen molar-refractivity contribution in [2.75, 3.05) is 13.1 Å². The van der Waals surface area contributed by atoms with Crippen LogP contribution in [0.3, 0.4) is 0 Å². The highest BCUT2D eigenvalue weighted by molar-refractivity contribution is 5.90. The Hall–Kier alpha value is -1.43. The second-order valence-corrected chi connectivity index (χ2v) is 8.76. The normalized spacial score (nSPS) is 18.4. The van der Waals surface area contributed by atoms with Gasteiger partial charge in [-0.3, -0.25) is 9.59 Å². The Morgan fingerprint density at radius 3 is 2.26 bits per heavy atom. The highest BCUT2D eigenvalue weighted by atomic mass is 16.2. The molecule has 1 rings (SSSR count). The summed E-state index contributed by atoms with van der Waals surface area (Å²) in [5.74, 6) is -0.210. The van der Waals surface area contributed by atoms with Gasteiger partial charge >= 0.3 is 0 Å². The van der Waals surface area contributed by atoms with Crippen molar-refractivity contribution in [1.29, 1.82) is 0 Å². The maximum Gasteiger partial charge on any atom is 0.246 e. The Morgan fingerprint density at radius 2 is 1.70 bits per heavy atom. The molecule has 1 aliphatic heterocycles. The van der Waals surface area contributed by atoms with Gasteiger partial charge in [0.2, 0.25) is 11.8 Å². The van der Waals surface area contributed by atoms with Crippen LogP contribution in [0.4, 0.5) is 0 Å². The van der Waals surface area contributed by atoms with E-state index >= 15 is 0 Å². The fourth-order valence-corrected chi connectivity index (χ4v) is 3.57. The molecule has 0 radical (unpaired) electrons. The van der Waals surface area contributed by atoms with E-state index in [1.54, 1.807) is 4.90 Å². The maximum absolute atomic E-state index is 12.9. The van der Waals surface area contributed by atoms with Crippen molar-refractivity contribution in [2.24, 2.45) is 11.1 Å². The molecule has 2 unspecified atom stereocenters. The van der Waals surface area contributed by atoms with E-state index in [0.717, 1.165) is 44.9 Å². The van der Waals surface area contributed by atoms with Crippen LogP contribution in [0.2, 0.25) is 0 Å². The van der Waals surface area contributed by atoms with Gasteiger partial charge in [0.05, 0.1) is 6.04 Å². The number of hydrogen-bond acceptors (Lipinski definition) is 4. The quantitative estimate of drug-likeness (QED) is 0.402. The SMILES string of the molecule is CC(C)(C)C(NC(=O)CCCCCCCCCN)C(=O)N1CCCC1C=O. The molecular weight excluding hydrogens is 342 g/mol. The van der Waals surface area contributed by atoms with Crippen LogP contribution in [0.15, 0.2) is 0 Å². The average Bonchev–Trinajstić information content (AvgIpc) is 3.09. The Bertz CT molecular complexity index is 474. The molecule has 1 heterocycles. The van der Waals surface area contributed by atoms with Gasteiger partial charge in [0, 0.05) is 13.0 Å². The van der Waals surface area contributed by atoms with Crippen molar-refractivity contribution in [3.05, 3.63) is 0 Å². The van der Waals surface area contributed by atoms with E-state index in [1.807, 2.05) is 20.8 Å². The highest BCUT2D eigenvalue weighted by Crippen LogP contribution is 2.25. The number of rotatable bonds is 12. The molecule has 6 heteroatoms. The molecule has 0 aromatic rings. The van der Waals surface area contributed by atoms with Gasteiger partial charge in [-0.15, -0.1) is 0 Å². The van der Waals surface area contributed by atoms with Crippen molar-refractivity contribution in [1.82, 2.24) is 10.2 Å². The number of amides is 2. The summed E-state index contributed by atoms with van der Waals surface area (Å²) in [6.45, 7) is 7.20. The minimum atomic E-state index is -0.596. The first-order chi connectivity index (χ1) is 12.8. The Morgan fingerprint density at radius 1 is 1.11 bits per heavy atom. The minimum absolute atomic E-state index is 0.0757. The summed E-state index contributed by atoms with van der Waals surface area (Å²) >= 11 is 0. The molecule has 0 bridgehead atoms. The van der Waals surface area contributed by atoms with Gasteiger partial charge in [-0.2, -0.15) is 0 Å². The van der Waals surface area contributed by atoms with E-state index in [9.17, 15) is 14.4 Å². The van der Waals surface area contributed by atoms with Gasteiger partial charge in [0.25, 0.3) is 0 Å². The van der Waals surface area contributed by atoms with E-state index in [4.69, 9.17) is 5.73 Å². The van der Waals surface area contributed by atoms with Crippen LogP contribution in [0.5, 0.6) is 0 Å². The van der Waals surface area contributed by atoms with Crippen LogP contribution < -0.4 is 11.1 Å². The lowest BCUT2D eigenvalue weighted by atomic mass is 9.85. The van der Waals surface area contributed by atoms with Crippen molar-refractivity contribution < 1.29 is 14.4 Å². The van der Waals surface area contributed by atoms with Gasteiger partial charge in [0.15, 0.2) is 0 Å². The van der Waals surface area contributed by atoms with Crippen LogP contribution in [0, 0.1) is 5.41 Å². The first kappa shape index (κ1) is 23.6. The van der Waals surface area contributed by atoms with Gasteiger partial charge in [-0.25, -0.2) is 0 Å². The van der Waals surface area contributed by atoms with Gasteiger partial charge < -0.3 is 20.7 Å². The molecule has 6 nitrogen and oxygen atoms in total. The summed E-state index contributed by atoms with van der Waals surface area (Å²) in [7, 11) is 0. The van der Waals surface area contributed by atoms with Crippen LogP contribution in [0.25, 0.3) is 0 Å². The van der Waals surface area contributed by atoms with Crippen molar-refractivity contribution in [3.8, 4) is 0 Å². The van der Waals surface area contributed by atoms with E-state index < -0.39 is 11.5 Å². The zero-order valence-corrected chi connectivity index (χ0v) is 17.5. The number of carbonyl (C=O) groups excluding carboxylic acids is 3. The Balaban J connectivity index is 2.42. The van der Waals surface area contributed by atoms with Crippen LogP contribution in [0.1, 0.15) is 85.0 Å². The number of nitrogens with zero attached hydrogens (tertiary/aromatic N) is 1. The molecule has 0 aromatic heterocycles. The molecule has 1 saturated heterocycles. The van der Waals surface area contributed by atoms with Crippen LogP contribution in [-0.2, 0) is 14.4 Å². The Labute approximate surface area is 164 Å². The van der Waals surface area contributed by atoms with Gasteiger partial charge in [-0.1, -0.05) is 52.9 Å². The summed E-state index contributed by atoms with van der Waals surface area (Å²) in [4.78, 5) is 38.2. The molecule has 27 heavy (non-hydrogen) atoms. The number of nitrogens with one attached hydrogen (secondary N) is 1. The number of aldehydes is 1. The third-order valence-corrected chi connectivity index (χ3v) is 5.27. The Kier molecular flexibility index (Phi) is 10.6. The lowest BCUT2D eigenvalue weighted by Crippen LogP contribution is -2.55. The molecule has 0 aliphatic carbocycles. The van der Waals surface area contributed by atoms with E-state index in [-0.39, 0.29) is 17.9 Å². The molecule has 156 valence electrons. The molecule has 3 N–H and O–H groups in total. The van der Waals surface area contributed by atoms with Crippen molar-refractivity contribution in [2.45, 2.75) is 97.1 Å². The number of carbonyl (C=O) groups is 3. The summed E-state index contributed by atoms with van der Waals surface area (Å²) in [5.41, 5.74) is 5.09. The average molecular weight is 382 g/mol. The molecule has 2 atom stereocenters. The van der Waals surface area contributed by atoms with Gasteiger partial charge in [-0.05, 0) is 37.6 Å². The summed E-state index contributed by atoms with van der Waals surface area (Å²) in [6.07, 6.45) is 10.5. The molecule has 0 aromatic carbocycles. The molecule has 1 fully saturated rings. The van der Waals surface area contributed by atoms with E-state index in [1.165, 1.54) is 19.3 Å². The fraction of sp³-hybridized carbons (Fsp3) is 0.857. The monoisotopic (exact) mass is 381 g/mol. The second-order valence-electron chi connectivity index (χ2n) is 8.76. The predicted molar refractivity (Wildman–Crippen MR) is 108 cm³/mol. The summed E-state index contributed by atoms with van der Waals surface area (Å²) in [5, 5.41) is 2.94. The van der Waals surface area contributed by atoms with E-state index in [0.29, 0.717) is 19.4 Å². The van der Waals surface area contributed by atoms with Crippen LogP contribution >= 0.6 is 0 Å². The molecule has 2 amide bonds. The zero-order valence-electron chi connectivity index (χ0n) is 17.5. The molecule has 0 saturated carbocycles. The standard InChI is InChI=1S/C21H39N3O3/c1-21(2,3)19(20(27)24-15-11-12-17(24)16-25)23-18(26)13-9-7-5-4-6-8-10-14-22/h16-17,19H,4-15,22H2,1-3H3,(H,23,26). The maximum atomic E-state index is 12.9. The molecule has 1 aliphatic rings. The third-order valence-electron chi connectivity index (χ3n) is 5.27. The predicted octanol–water partition coefficient (Wildman–Crippen LogP) is 2.79. The third kappa shape index (κ3) is 8.41. The number of unbranched alkanes of at least 4 members (excludes halogenated alkanes) is 6. The molecular formula is C21H39N3O3. The minimum Gasteiger partial charge on any atom is -0.344 e. The van der Waals surface area contributed by atoms with E-state index in [2.05, 4.69) is 5.32 Å². The number of hydrogen-bond donors (Lipinski definition) is 2. The largest absolute Gasteiger partial charge is 0.344 e. The number of likely N-dealkylation sites (tertiary alicyclic amines) is 1. The summed E-state index contributed by atoms with van der Waals surface area (Å²) in [6, 6.07) is -0.944. The summed E-state index contributed by atoms with van der Waals surface area (Å²) < 4.78 is 0. The second kappa shape index (κ2) is 12.1. The first-order valence-corrected chi connectivity index (χ1v) is 10.6. The molecule has 0 spiro atoms. The lowest BCUT2D eigenvalue weighted by Gasteiger charge is -2.34. The first-order valence-electron chi connectivity index (χ1n) is 10.6. The van der Waals surface area contributed by atoms with Crippen molar-refractivity contribution >= 4 is 18.1 Å². The fourth-order valence-electron chi connectivity index (χ4n) is 3.57. The number of nitrogens with two attached hydrogens (primary N) is 1. The zero-order chi connectivity index (χ0) is 20.3. The van der Waals surface area contributed by atoms with Gasteiger partial charge in [0.1, 0.15) is 12.3 Å². The lowest BCUT2D eigenvalue weighted by molar-refractivity contribution is -0.141.